The Labute approximate surface area is 181 Å². The molecule has 0 spiro atoms. The third-order valence-electron chi connectivity index (χ3n) is 5.08. The van der Waals surface area contributed by atoms with Crippen LogP contribution in [0.4, 0.5) is 5.82 Å². The summed E-state index contributed by atoms with van der Waals surface area (Å²) in [5.74, 6) is 2.01. The van der Waals surface area contributed by atoms with Crippen molar-refractivity contribution in [2.75, 3.05) is 44.3 Å². The average molecular weight is 419 g/mol. The number of benzene rings is 1. The second kappa shape index (κ2) is 9.88. The van der Waals surface area contributed by atoms with Gasteiger partial charge in [0, 0.05) is 44.1 Å². The van der Waals surface area contributed by atoms with Crippen LogP contribution < -0.4 is 14.4 Å². The van der Waals surface area contributed by atoms with E-state index in [2.05, 4.69) is 20.1 Å². The lowest BCUT2D eigenvalue weighted by atomic mass is 10.2. The monoisotopic (exact) mass is 419 g/mol. The van der Waals surface area contributed by atoms with Gasteiger partial charge in [0.15, 0.2) is 23.9 Å². The van der Waals surface area contributed by atoms with Gasteiger partial charge < -0.3 is 19.3 Å². The Balaban J connectivity index is 1.29. The van der Waals surface area contributed by atoms with E-state index in [1.165, 1.54) is 0 Å². The van der Waals surface area contributed by atoms with E-state index in [1.807, 2.05) is 60.4 Å². The maximum absolute atomic E-state index is 12.6. The fraction of sp³-hybridized carbons (Fsp3) is 0.304. The number of carbonyl (C=O) groups is 1. The SMILES string of the molecule is CCOc1ccccc1OCC(=O)N1CCN(c2ccc(-c3ccncc3)nn2)CC1. The molecule has 0 unspecified atom stereocenters. The van der Waals surface area contributed by atoms with Crippen LogP contribution in [0, 0.1) is 0 Å². The molecule has 4 rings (SSSR count). The molecule has 160 valence electrons. The third kappa shape index (κ3) is 5.09. The topological polar surface area (TPSA) is 80.7 Å². The van der Waals surface area contributed by atoms with E-state index in [0.29, 0.717) is 44.3 Å². The molecule has 8 heteroatoms. The lowest BCUT2D eigenvalue weighted by molar-refractivity contribution is -0.133. The summed E-state index contributed by atoms with van der Waals surface area (Å²) in [6, 6.07) is 15.1. The van der Waals surface area contributed by atoms with Gasteiger partial charge >= 0.3 is 0 Å². The highest BCUT2D eigenvalue weighted by Gasteiger charge is 2.23. The number of aromatic nitrogens is 3. The van der Waals surface area contributed by atoms with Gasteiger partial charge in [0.1, 0.15) is 0 Å². The molecule has 31 heavy (non-hydrogen) atoms. The Bertz CT molecular complexity index is 990. The highest BCUT2D eigenvalue weighted by atomic mass is 16.5. The second-order valence-corrected chi connectivity index (χ2v) is 7.05. The first-order valence-electron chi connectivity index (χ1n) is 10.4. The van der Waals surface area contributed by atoms with Gasteiger partial charge in [-0.1, -0.05) is 12.1 Å². The van der Waals surface area contributed by atoms with Crippen LogP contribution in [0.2, 0.25) is 0 Å². The minimum absolute atomic E-state index is 0.00940. The fourth-order valence-corrected chi connectivity index (χ4v) is 3.43. The summed E-state index contributed by atoms with van der Waals surface area (Å²) in [5, 5.41) is 8.70. The van der Waals surface area contributed by atoms with Crippen molar-refractivity contribution in [2.45, 2.75) is 6.92 Å². The Morgan fingerprint density at radius 1 is 0.903 bits per heavy atom. The van der Waals surface area contributed by atoms with Crippen LogP contribution in [0.3, 0.4) is 0 Å². The minimum Gasteiger partial charge on any atom is -0.490 e. The number of hydrogen-bond acceptors (Lipinski definition) is 7. The van der Waals surface area contributed by atoms with Crippen molar-refractivity contribution in [2.24, 2.45) is 0 Å². The molecule has 1 amide bonds. The Kier molecular flexibility index (Phi) is 6.56. The van der Waals surface area contributed by atoms with Gasteiger partial charge in [0.25, 0.3) is 5.91 Å². The summed E-state index contributed by atoms with van der Waals surface area (Å²) in [5.41, 5.74) is 1.79. The largest absolute Gasteiger partial charge is 0.490 e. The predicted molar refractivity (Wildman–Crippen MR) is 117 cm³/mol. The molecule has 1 aliphatic rings. The zero-order valence-electron chi connectivity index (χ0n) is 17.5. The number of rotatable bonds is 7. The molecular formula is C23H25N5O3. The number of anilines is 1. The minimum atomic E-state index is -0.0370. The number of para-hydroxylation sites is 2. The molecule has 0 atom stereocenters. The molecule has 1 aliphatic heterocycles. The van der Waals surface area contributed by atoms with Crippen molar-refractivity contribution in [1.82, 2.24) is 20.1 Å². The number of ether oxygens (including phenoxy) is 2. The molecule has 3 aromatic rings. The third-order valence-corrected chi connectivity index (χ3v) is 5.08. The molecule has 1 fully saturated rings. The number of pyridine rings is 1. The van der Waals surface area contributed by atoms with E-state index < -0.39 is 0 Å². The van der Waals surface area contributed by atoms with Gasteiger partial charge in [-0.05, 0) is 43.3 Å². The first-order chi connectivity index (χ1) is 15.2. The number of carbonyl (C=O) groups excluding carboxylic acids is 1. The molecule has 0 saturated carbocycles. The van der Waals surface area contributed by atoms with Crippen LogP contribution in [0.15, 0.2) is 60.9 Å². The zero-order valence-corrected chi connectivity index (χ0v) is 17.5. The summed E-state index contributed by atoms with van der Waals surface area (Å²) < 4.78 is 11.3. The Hall–Kier alpha value is -3.68. The van der Waals surface area contributed by atoms with E-state index in [9.17, 15) is 4.79 Å². The van der Waals surface area contributed by atoms with E-state index in [1.54, 1.807) is 12.4 Å². The van der Waals surface area contributed by atoms with Crippen molar-refractivity contribution in [3.05, 3.63) is 60.9 Å². The lowest BCUT2D eigenvalue weighted by Crippen LogP contribution is -2.50. The molecule has 3 heterocycles. The highest BCUT2D eigenvalue weighted by Crippen LogP contribution is 2.26. The van der Waals surface area contributed by atoms with Crippen molar-refractivity contribution >= 4 is 11.7 Å². The quantitative estimate of drug-likeness (QED) is 0.582. The molecule has 0 N–H and O–H groups in total. The van der Waals surface area contributed by atoms with Crippen LogP contribution in [-0.4, -0.2) is 65.4 Å². The van der Waals surface area contributed by atoms with Crippen LogP contribution >= 0.6 is 0 Å². The van der Waals surface area contributed by atoms with Crippen LogP contribution in [0.5, 0.6) is 11.5 Å². The van der Waals surface area contributed by atoms with Gasteiger partial charge in [-0.15, -0.1) is 10.2 Å². The standard InChI is InChI=1S/C23H25N5O3/c1-2-30-20-5-3-4-6-21(20)31-17-23(29)28-15-13-27(14-16-28)22-8-7-19(25-26-22)18-9-11-24-12-10-18/h3-12H,2,13-17H2,1H3. The summed E-state index contributed by atoms with van der Waals surface area (Å²) >= 11 is 0. The highest BCUT2D eigenvalue weighted by molar-refractivity contribution is 5.78. The van der Waals surface area contributed by atoms with E-state index in [-0.39, 0.29) is 12.5 Å². The maximum Gasteiger partial charge on any atom is 0.260 e. The predicted octanol–water partition coefficient (Wildman–Crippen LogP) is 2.66. The Morgan fingerprint density at radius 2 is 1.61 bits per heavy atom. The lowest BCUT2D eigenvalue weighted by Gasteiger charge is -2.35. The van der Waals surface area contributed by atoms with E-state index in [4.69, 9.17) is 9.47 Å². The molecular weight excluding hydrogens is 394 g/mol. The number of piperazine rings is 1. The zero-order chi connectivity index (χ0) is 21.5. The number of amides is 1. The average Bonchev–Trinajstić information content (AvgIpc) is 2.84. The number of nitrogens with zero attached hydrogens (tertiary/aromatic N) is 5. The van der Waals surface area contributed by atoms with Gasteiger partial charge in [-0.3, -0.25) is 9.78 Å². The van der Waals surface area contributed by atoms with Gasteiger partial charge in [-0.25, -0.2) is 0 Å². The van der Waals surface area contributed by atoms with Crippen molar-refractivity contribution in [1.29, 1.82) is 0 Å². The van der Waals surface area contributed by atoms with Crippen LogP contribution in [0.25, 0.3) is 11.3 Å². The van der Waals surface area contributed by atoms with Gasteiger partial charge in [0.05, 0.1) is 12.3 Å². The van der Waals surface area contributed by atoms with Crippen molar-refractivity contribution in [3.8, 4) is 22.8 Å². The summed E-state index contributed by atoms with van der Waals surface area (Å²) in [7, 11) is 0. The summed E-state index contributed by atoms with van der Waals surface area (Å²) in [4.78, 5) is 20.6. The van der Waals surface area contributed by atoms with Crippen molar-refractivity contribution in [3.63, 3.8) is 0 Å². The van der Waals surface area contributed by atoms with Crippen LogP contribution in [-0.2, 0) is 4.79 Å². The molecule has 1 aromatic carbocycles. The molecule has 2 aromatic heterocycles. The molecule has 0 aliphatic carbocycles. The Morgan fingerprint density at radius 3 is 2.26 bits per heavy atom. The van der Waals surface area contributed by atoms with Crippen LogP contribution in [0.1, 0.15) is 6.92 Å². The first kappa shape index (κ1) is 20.6. The van der Waals surface area contributed by atoms with Gasteiger partial charge in [-0.2, -0.15) is 0 Å². The molecule has 8 nitrogen and oxygen atoms in total. The summed E-state index contributed by atoms with van der Waals surface area (Å²) in [6.07, 6.45) is 3.47. The second-order valence-electron chi connectivity index (χ2n) is 7.05. The van der Waals surface area contributed by atoms with Gasteiger partial charge in [0.2, 0.25) is 0 Å². The first-order valence-corrected chi connectivity index (χ1v) is 10.4. The normalized spacial score (nSPS) is 13.7. The van der Waals surface area contributed by atoms with E-state index in [0.717, 1.165) is 17.1 Å². The smallest absolute Gasteiger partial charge is 0.260 e. The van der Waals surface area contributed by atoms with Crippen molar-refractivity contribution < 1.29 is 14.3 Å². The molecule has 0 radical (unpaired) electrons. The van der Waals surface area contributed by atoms with E-state index >= 15 is 0 Å². The maximum atomic E-state index is 12.6. The molecule has 1 saturated heterocycles. The molecule has 0 bridgehead atoms. The number of hydrogen-bond donors (Lipinski definition) is 0. The summed E-state index contributed by atoms with van der Waals surface area (Å²) in [6.45, 7) is 5.08. The fourth-order valence-electron chi connectivity index (χ4n) is 3.43.